The molecule has 1 saturated heterocycles. The van der Waals surface area contributed by atoms with Crippen molar-refractivity contribution in [3.05, 3.63) is 42.0 Å². The van der Waals surface area contributed by atoms with E-state index < -0.39 is 6.10 Å². The van der Waals surface area contributed by atoms with Gasteiger partial charge in [0.1, 0.15) is 5.75 Å². The third-order valence-electron chi connectivity index (χ3n) is 5.01. The second-order valence-corrected chi connectivity index (χ2v) is 6.73. The van der Waals surface area contributed by atoms with Gasteiger partial charge in [-0.1, -0.05) is 30.3 Å². The smallest absolute Gasteiger partial charge is 0.227 e. The second kappa shape index (κ2) is 7.85. The SMILES string of the molecule is COc1ccc2ccccc2c1CCNC(=O)[C@@H]1CN(C)CC[C@@H]1O. The Labute approximate surface area is 148 Å². The Bertz CT molecular complexity index is 747. The van der Waals surface area contributed by atoms with Crippen molar-refractivity contribution in [2.24, 2.45) is 5.92 Å². The van der Waals surface area contributed by atoms with Crippen molar-refractivity contribution in [1.82, 2.24) is 10.2 Å². The number of aliphatic hydroxyl groups is 1. The lowest BCUT2D eigenvalue weighted by atomic mass is 9.94. The van der Waals surface area contributed by atoms with Gasteiger partial charge >= 0.3 is 0 Å². The first kappa shape index (κ1) is 17.7. The van der Waals surface area contributed by atoms with Crippen LogP contribution in [0.1, 0.15) is 12.0 Å². The fourth-order valence-electron chi connectivity index (χ4n) is 3.57. The molecule has 5 heteroatoms. The summed E-state index contributed by atoms with van der Waals surface area (Å²) in [6.07, 6.45) is 0.781. The van der Waals surface area contributed by atoms with Crippen molar-refractivity contribution in [2.75, 3.05) is 33.8 Å². The number of piperidine rings is 1. The van der Waals surface area contributed by atoms with Crippen molar-refractivity contribution in [1.29, 1.82) is 0 Å². The first-order valence-corrected chi connectivity index (χ1v) is 8.79. The Balaban J connectivity index is 1.67. The van der Waals surface area contributed by atoms with Gasteiger partial charge in [0, 0.05) is 25.2 Å². The highest BCUT2D eigenvalue weighted by Gasteiger charge is 2.31. The predicted molar refractivity (Wildman–Crippen MR) is 98.8 cm³/mol. The standard InChI is InChI=1S/C20H26N2O3/c1-22-12-10-18(23)17(13-22)20(24)21-11-9-16-15-6-4-3-5-14(15)7-8-19(16)25-2/h3-8,17-18,23H,9-13H2,1-2H3,(H,21,24)/t17-,18+/m1/s1. The zero-order valence-corrected chi connectivity index (χ0v) is 14.9. The summed E-state index contributed by atoms with van der Waals surface area (Å²) < 4.78 is 5.50. The predicted octanol–water partition coefficient (Wildman–Crippen LogP) is 1.82. The average molecular weight is 342 g/mol. The van der Waals surface area contributed by atoms with E-state index in [1.54, 1.807) is 7.11 Å². The topological polar surface area (TPSA) is 61.8 Å². The number of nitrogens with zero attached hydrogens (tertiary/aromatic N) is 1. The molecule has 0 radical (unpaired) electrons. The molecule has 5 nitrogen and oxygen atoms in total. The minimum Gasteiger partial charge on any atom is -0.496 e. The Morgan fingerprint density at radius 1 is 1.32 bits per heavy atom. The molecule has 2 aromatic carbocycles. The molecule has 0 spiro atoms. The van der Waals surface area contributed by atoms with Crippen molar-refractivity contribution in [2.45, 2.75) is 18.9 Å². The van der Waals surface area contributed by atoms with Gasteiger partial charge in [0.15, 0.2) is 0 Å². The molecular weight excluding hydrogens is 316 g/mol. The molecule has 2 N–H and O–H groups in total. The van der Waals surface area contributed by atoms with Gasteiger partial charge in [0.25, 0.3) is 0 Å². The molecule has 0 bridgehead atoms. The normalized spacial score (nSPS) is 21.2. The van der Waals surface area contributed by atoms with Gasteiger partial charge in [-0.25, -0.2) is 0 Å². The van der Waals surface area contributed by atoms with Crippen LogP contribution < -0.4 is 10.1 Å². The van der Waals surface area contributed by atoms with E-state index in [1.165, 1.54) is 0 Å². The number of methoxy groups -OCH3 is 1. The van der Waals surface area contributed by atoms with Gasteiger partial charge < -0.3 is 20.1 Å². The molecule has 1 aliphatic heterocycles. The molecule has 0 unspecified atom stereocenters. The fourth-order valence-corrected chi connectivity index (χ4v) is 3.57. The van der Waals surface area contributed by atoms with Gasteiger partial charge in [-0.15, -0.1) is 0 Å². The Morgan fingerprint density at radius 3 is 2.92 bits per heavy atom. The maximum absolute atomic E-state index is 12.4. The Morgan fingerprint density at radius 2 is 2.12 bits per heavy atom. The van der Waals surface area contributed by atoms with E-state index in [0.717, 1.165) is 28.6 Å². The molecule has 0 aliphatic carbocycles. The van der Waals surface area contributed by atoms with E-state index in [2.05, 4.69) is 22.3 Å². The number of aliphatic hydroxyl groups excluding tert-OH is 1. The van der Waals surface area contributed by atoms with Crippen LogP contribution in [0.4, 0.5) is 0 Å². The maximum Gasteiger partial charge on any atom is 0.227 e. The van der Waals surface area contributed by atoms with Crippen molar-refractivity contribution >= 4 is 16.7 Å². The average Bonchev–Trinajstić information content (AvgIpc) is 2.63. The highest BCUT2D eigenvalue weighted by atomic mass is 16.5. The number of carbonyl (C=O) groups is 1. The Hall–Kier alpha value is -2.11. The molecule has 1 heterocycles. The molecule has 1 aliphatic rings. The zero-order chi connectivity index (χ0) is 17.8. The molecule has 3 rings (SSSR count). The van der Waals surface area contributed by atoms with E-state index in [9.17, 15) is 9.90 Å². The number of fused-ring (bicyclic) bond motifs is 1. The number of likely N-dealkylation sites (tertiary alicyclic amines) is 1. The van der Waals surface area contributed by atoms with Crippen LogP contribution in [0.2, 0.25) is 0 Å². The highest BCUT2D eigenvalue weighted by Crippen LogP contribution is 2.28. The van der Waals surface area contributed by atoms with Crippen LogP contribution >= 0.6 is 0 Å². The maximum atomic E-state index is 12.4. The number of benzene rings is 2. The summed E-state index contributed by atoms with van der Waals surface area (Å²) in [5, 5.41) is 15.4. The summed E-state index contributed by atoms with van der Waals surface area (Å²) in [5.74, 6) is 0.414. The molecule has 1 amide bonds. The number of amides is 1. The van der Waals surface area contributed by atoms with Crippen LogP contribution in [0.15, 0.2) is 36.4 Å². The minimum absolute atomic E-state index is 0.0711. The zero-order valence-electron chi connectivity index (χ0n) is 14.9. The van der Waals surface area contributed by atoms with Crippen molar-refractivity contribution in [3.8, 4) is 5.75 Å². The fraction of sp³-hybridized carbons (Fsp3) is 0.450. The van der Waals surface area contributed by atoms with E-state index in [0.29, 0.717) is 25.9 Å². The molecule has 25 heavy (non-hydrogen) atoms. The second-order valence-electron chi connectivity index (χ2n) is 6.73. The van der Waals surface area contributed by atoms with Gasteiger partial charge in [-0.2, -0.15) is 0 Å². The number of ether oxygens (including phenoxy) is 1. The van der Waals surface area contributed by atoms with E-state index in [4.69, 9.17) is 4.74 Å². The van der Waals surface area contributed by atoms with Crippen LogP contribution in [0.25, 0.3) is 10.8 Å². The van der Waals surface area contributed by atoms with Crippen LogP contribution in [-0.4, -0.2) is 55.8 Å². The van der Waals surface area contributed by atoms with Crippen molar-refractivity contribution < 1.29 is 14.6 Å². The molecular formula is C20H26N2O3. The third-order valence-corrected chi connectivity index (χ3v) is 5.01. The molecule has 0 saturated carbocycles. The van der Waals surface area contributed by atoms with E-state index >= 15 is 0 Å². The number of hydrogen-bond acceptors (Lipinski definition) is 4. The monoisotopic (exact) mass is 342 g/mol. The van der Waals surface area contributed by atoms with E-state index in [-0.39, 0.29) is 11.8 Å². The van der Waals surface area contributed by atoms with Gasteiger partial charge in [-0.05, 0) is 36.7 Å². The summed E-state index contributed by atoms with van der Waals surface area (Å²) in [6.45, 7) is 1.96. The molecule has 2 atom stereocenters. The van der Waals surface area contributed by atoms with Crippen molar-refractivity contribution in [3.63, 3.8) is 0 Å². The number of rotatable bonds is 5. The molecule has 2 aromatic rings. The number of nitrogens with one attached hydrogen (secondary N) is 1. The molecule has 1 fully saturated rings. The summed E-state index contributed by atoms with van der Waals surface area (Å²) >= 11 is 0. The lowest BCUT2D eigenvalue weighted by Crippen LogP contribution is -2.49. The molecule has 0 aromatic heterocycles. The first-order chi connectivity index (χ1) is 12.1. The van der Waals surface area contributed by atoms with Crippen LogP contribution in [-0.2, 0) is 11.2 Å². The Kier molecular flexibility index (Phi) is 5.56. The highest BCUT2D eigenvalue weighted by molar-refractivity contribution is 5.88. The van der Waals surface area contributed by atoms with Crippen LogP contribution in [0, 0.1) is 5.92 Å². The summed E-state index contributed by atoms with van der Waals surface area (Å²) in [7, 11) is 3.65. The number of carbonyl (C=O) groups excluding carboxylic acids is 1. The lowest BCUT2D eigenvalue weighted by Gasteiger charge is -2.32. The van der Waals surface area contributed by atoms with Gasteiger partial charge in [0.2, 0.25) is 5.91 Å². The van der Waals surface area contributed by atoms with Crippen LogP contribution in [0.3, 0.4) is 0 Å². The van der Waals surface area contributed by atoms with Gasteiger partial charge in [0.05, 0.1) is 19.1 Å². The first-order valence-electron chi connectivity index (χ1n) is 8.79. The lowest BCUT2D eigenvalue weighted by molar-refractivity contribution is -0.131. The van der Waals surface area contributed by atoms with Gasteiger partial charge in [-0.3, -0.25) is 4.79 Å². The van der Waals surface area contributed by atoms with Crippen LogP contribution in [0.5, 0.6) is 5.75 Å². The minimum atomic E-state index is -0.553. The quantitative estimate of drug-likeness (QED) is 0.870. The third kappa shape index (κ3) is 3.94. The molecule has 134 valence electrons. The summed E-state index contributed by atoms with van der Waals surface area (Å²) in [6, 6.07) is 12.2. The largest absolute Gasteiger partial charge is 0.496 e. The number of hydrogen-bond donors (Lipinski definition) is 2. The van der Waals surface area contributed by atoms with E-state index in [1.807, 2.05) is 31.3 Å². The summed E-state index contributed by atoms with van der Waals surface area (Å²) in [5.41, 5.74) is 1.10. The summed E-state index contributed by atoms with van der Waals surface area (Å²) in [4.78, 5) is 14.5.